The highest BCUT2D eigenvalue weighted by Gasteiger charge is 2.18. The predicted molar refractivity (Wildman–Crippen MR) is 67.1 cm³/mol. The fourth-order valence-corrected chi connectivity index (χ4v) is 2.02. The molecule has 1 aromatic rings. The van der Waals surface area contributed by atoms with Gasteiger partial charge in [-0.15, -0.1) is 0 Å². The number of hydrogen-bond acceptors (Lipinski definition) is 3. The van der Waals surface area contributed by atoms with E-state index < -0.39 is 0 Å². The van der Waals surface area contributed by atoms with Gasteiger partial charge in [-0.3, -0.25) is 14.6 Å². The minimum Gasteiger partial charge on any atom is -0.343 e. The molecule has 0 aliphatic carbocycles. The van der Waals surface area contributed by atoms with Crippen molar-refractivity contribution in [3.63, 3.8) is 0 Å². The molecule has 0 bridgehead atoms. The Morgan fingerprint density at radius 3 is 2.78 bits per heavy atom. The Labute approximate surface area is 106 Å². The van der Waals surface area contributed by atoms with Crippen LogP contribution in [-0.2, 0) is 4.79 Å². The van der Waals surface area contributed by atoms with Crippen LogP contribution in [0.1, 0.15) is 28.9 Å². The van der Waals surface area contributed by atoms with Crippen LogP contribution in [0, 0.1) is 6.92 Å². The molecule has 5 heteroatoms. The molecular weight excluding hydrogens is 230 g/mol. The van der Waals surface area contributed by atoms with Gasteiger partial charge in [-0.25, -0.2) is 0 Å². The number of aryl methyl sites for hydroxylation is 1. The molecule has 5 nitrogen and oxygen atoms in total. The summed E-state index contributed by atoms with van der Waals surface area (Å²) in [5, 5.41) is 2.64. The van der Waals surface area contributed by atoms with E-state index in [1.165, 1.54) is 0 Å². The van der Waals surface area contributed by atoms with Crippen LogP contribution in [-0.4, -0.2) is 41.3 Å². The third-order valence-corrected chi connectivity index (χ3v) is 3.02. The van der Waals surface area contributed by atoms with Crippen molar-refractivity contribution in [1.82, 2.24) is 15.2 Å². The van der Waals surface area contributed by atoms with E-state index in [0.29, 0.717) is 5.56 Å². The van der Waals surface area contributed by atoms with Gasteiger partial charge in [0.05, 0.1) is 6.54 Å². The zero-order valence-corrected chi connectivity index (χ0v) is 10.5. The van der Waals surface area contributed by atoms with Crippen molar-refractivity contribution < 1.29 is 9.59 Å². The summed E-state index contributed by atoms with van der Waals surface area (Å²) in [4.78, 5) is 29.4. The second-order valence-corrected chi connectivity index (χ2v) is 4.46. The molecule has 0 aromatic carbocycles. The van der Waals surface area contributed by atoms with Crippen LogP contribution in [0.25, 0.3) is 0 Å². The Morgan fingerprint density at radius 2 is 2.11 bits per heavy atom. The van der Waals surface area contributed by atoms with Crippen molar-refractivity contribution in [2.45, 2.75) is 19.8 Å². The third kappa shape index (κ3) is 3.06. The van der Waals surface area contributed by atoms with Crippen LogP contribution >= 0.6 is 0 Å². The van der Waals surface area contributed by atoms with Crippen molar-refractivity contribution in [2.75, 3.05) is 19.6 Å². The topological polar surface area (TPSA) is 62.3 Å². The minimum absolute atomic E-state index is 0.00775. The number of nitrogens with one attached hydrogen (secondary N) is 1. The Morgan fingerprint density at radius 1 is 1.39 bits per heavy atom. The number of carbonyl (C=O) groups excluding carboxylic acids is 2. The van der Waals surface area contributed by atoms with E-state index in [0.717, 1.165) is 31.6 Å². The Bertz CT molecular complexity index is 453. The van der Waals surface area contributed by atoms with Gasteiger partial charge in [-0.2, -0.15) is 0 Å². The monoisotopic (exact) mass is 247 g/mol. The molecule has 1 aliphatic heterocycles. The number of nitrogens with zero attached hydrogens (tertiary/aromatic N) is 2. The van der Waals surface area contributed by atoms with Gasteiger partial charge in [-0.05, 0) is 31.9 Å². The maximum atomic E-state index is 11.8. The van der Waals surface area contributed by atoms with Gasteiger partial charge in [0.25, 0.3) is 5.91 Å². The maximum absolute atomic E-state index is 11.8. The van der Waals surface area contributed by atoms with E-state index in [-0.39, 0.29) is 18.4 Å². The largest absolute Gasteiger partial charge is 0.343 e. The summed E-state index contributed by atoms with van der Waals surface area (Å²) in [5.74, 6) is -0.236. The molecule has 1 fully saturated rings. The summed E-state index contributed by atoms with van der Waals surface area (Å²) in [6.07, 6.45) is 3.71. The summed E-state index contributed by atoms with van der Waals surface area (Å²) >= 11 is 0. The fraction of sp³-hybridized carbons (Fsp3) is 0.462. The highest BCUT2D eigenvalue weighted by molar-refractivity contribution is 5.96. The molecule has 1 N–H and O–H groups in total. The molecular formula is C13H17N3O2. The SMILES string of the molecule is Cc1cc(C(=O)NCC(=O)N2CCCC2)ccn1. The minimum atomic E-state index is -0.229. The number of amides is 2. The lowest BCUT2D eigenvalue weighted by Crippen LogP contribution is -2.38. The van der Waals surface area contributed by atoms with Crippen LogP contribution in [0.4, 0.5) is 0 Å². The average Bonchev–Trinajstić information content (AvgIpc) is 2.89. The molecule has 0 saturated carbocycles. The number of pyridine rings is 1. The van der Waals surface area contributed by atoms with Crippen LogP contribution in [0.3, 0.4) is 0 Å². The number of hydrogen-bond donors (Lipinski definition) is 1. The number of rotatable bonds is 3. The van der Waals surface area contributed by atoms with Gasteiger partial charge in [-0.1, -0.05) is 0 Å². The molecule has 96 valence electrons. The van der Waals surface area contributed by atoms with E-state index >= 15 is 0 Å². The van der Waals surface area contributed by atoms with E-state index in [4.69, 9.17) is 0 Å². The maximum Gasteiger partial charge on any atom is 0.251 e. The summed E-state index contributed by atoms with van der Waals surface area (Å²) in [6.45, 7) is 3.51. The van der Waals surface area contributed by atoms with Gasteiger partial charge in [0, 0.05) is 30.5 Å². The number of carbonyl (C=O) groups is 2. The summed E-state index contributed by atoms with van der Waals surface area (Å²) in [5.41, 5.74) is 1.32. The molecule has 0 atom stereocenters. The Balaban J connectivity index is 1.86. The first-order valence-electron chi connectivity index (χ1n) is 6.15. The van der Waals surface area contributed by atoms with Crippen molar-refractivity contribution >= 4 is 11.8 Å². The number of likely N-dealkylation sites (tertiary alicyclic amines) is 1. The molecule has 0 spiro atoms. The van der Waals surface area contributed by atoms with E-state index in [1.807, 2.05) is 6.92 Å². The summed E-state index contributed by atoms with van der Waals surface area (Å²) in [6, 6.07) is 3.35. The molecule has 1 saturated heterocycles. The van der Waals surface area contributed by atoms with Gasteiger partial charge in [0.2, 0.25) is 5.91 Å². The second kappa shape index (κ2) is 5.62. The second-order valence-electron chi connectivity index (χ2n) is 4.46. The van der Waals surface area contributed by atoms with E-state index in [9.17, 15) is 9.59 Å². The highest BCUT2D eigenvalue weighted by Crippen LogP contribution is 2.07. The van der Waals surface area contributed by atoms with Gasteiger partial charge in [0.1, 0.15) is 0 Å². The first-order valence-corrected chi connectivity index (χ1v) is 6.15. The Hall–Kier alpha value is -1.91. The third-order valence-electron chi connectivity index (χ3n) is 3.02. The van der Waals surface area contributed by atoms with Crippen LogP contribution in [0.5, 0.6) is 0 Å². The zero-order chi connectivity index (χ0) is 13.0. The van der Waals surface area contributed by atoms with Gasteiger partial charge >= 0.3 is 0 Å². The first-order chi connectivity index (χ1) is 8.66. The van der Waals surface area contributed by atoms with Gasteiger partial charge < -0.3 is 10.2 Å². The van der Waals surface area contributed by atoms with Gasteiger partial charge in [0.15, 0.2) is 0 Å². The van der Waals surface area contributed by atoms with Crippen molar-refractivity contribution in [3.8, 4) is 0 Å². The smallest absolute Gasteiger partial charge is 0.251 e. The molecule has 1 aliphatic rings. The molecule has 18 heavy (non-hydrogen) atoms. The standard InChI is InChI=1S/C13H17N3O2/c1-10-8-11(4-5-14-10)13(18)15-9-12(17)16-6-2-3-7-16/h4-5,8H,2-3,6-7,9H2,1H3,(H,15,18). The van der Waals surface area contributed by atoms with Crippen LogP contribution in [0.2, 0.25) is 0 Å². The summed E-state index contributed by atoms with van der Waals surface area (Å²) < 4.78 is 0. The number of aromatic nitrogens is 1. The normalized spacial score (nSPS) is 14.6. The molecule has 2 heterocycles. The lowest BCUT2D eigenvalue weighted by atomic mass is 10.2. The van der Waals surface area contributed by atoms with Crippen molar-refractivity contribution in [1.29, 1.82) is 0 Å². The lowest BCUT2D eigenvalue weighted by Gasteiger charge is -2.15. The molecule has 0 unspecified atom stereocenters. The van der Waals surface area contributed by atoms with Crippen molar-refractivity contribution in [3.05, 3.63) is 29.6 Å². The molecule has 0 radical (unpaired) electrons. The average molecular weight is 247 g/mol. The van der Waals surface area contributed by atoms with Crippen LogP contribution in [0.15, 0.2) is 18.3 Å². The zero-order valence-electron chi connectivity index (χ0n) is 10.5. The van der Waals surface area contributed by atoms with E-state index in [2.05, 4.69) is 10.3 Å². The summed E-state index contributed by atoms with van der Waals surface area (Å²) in [7, 11) is 0. The van der Waals surface area contributed by atoms with Crippen molar-refractivity contribution in [2.24, 2.45) is 0 Å². The quantitative estimate of drug-likeness (QED) is 0.857. The lowest BCUT2D eigenvalue weighted by molar-refractivity contribution is -0.129. The molecule has 1 aromatic heterocycles. The predicted octanol–water partition coefficient (Wildman–Crippen LogP) is 0.742. The molecule has 2 rings (SSSR count). The fourth-order valence-electron chi connectivity index (χ4n) is 2.02. The van der Waals surface area contributed by atoms with Crippen LogP contribution < -0.4 is 5.32 Å². The highest BCUT2D eigenvalue weighted by atomic mass is 16.2. The Kier molecular flexibility index (Phi) is 3.92. The molecule has 2 amide bonds. The first kappa shape index (κ1) is 12.5. The van der Waals surface area contributed by atoms with E-state index in [1.54, 1.807) is 23.2 Å².